The van der Waals surface area contributed by atoms with Crippen LogP contribution in [0.1, 0.15) is 62.5 Å². The lowest BCUT2D eigenvalue weighted by Crippen LogP contribution is -2.41. The standard InChI is InChI=1S/C23H34N4O.HI/c1-24-22(27-15-13-23(18-27)11-5-2-6-12-23)25-16-19-8-3-4-9-20(19)17-26-14-7-10-21(26)28;/h3-4,8-9H,2,5-7,10-18H2,1H3,(H,24,25);1H. The summed E-state index contributed by atoms with van der Waals surface area (Å²) in [7, 11) is 1.89. The van der Waals surface area contributed by atoms with Gasteiger partial charge < -0.3 is 15.1 Å². The normalized spacial score (nSPS) is 21.6. The van der Waals surface area contributed by atoms with Crippen molar-refractivity contribution >= 4 is 35.8 Å². The van der Waals surface area contributed by atoms with Gasteiger partial charge in [0.1, 0.15) is 0 Å². The van der Waals surface area contributed by atoms with Gasteiger partial charge in [-0.2, -0.15) is 0 Å². The number of aliphatic imine (C=N–C) groups is 1. The molecule has 2 heterocycles. The fourth-order valence-corrected chi connectivity index (χ4v) is 5.29. The Morgan fingerprint density at radius 1 is 1.07 bits per heavy atom. The van der Waals surface area contributed by atoms with Crippen molar-refractivity contribution in [1.29, 1.82) is 0 Å². The van der Waals surface area contributed by atoms with Gasteiger partial charge >= 0.3 is 0 Å². The highest BCUT2D eigenvalue weighted by molar-refractivity contribution is 14.0. The van der Waals surface area contributed by atoms with Crippen molar-refractivity contribution in [2.75, 3.05) is 26.7 Å². The third kappa shape index (κ3) is 5.25. The molecule has 29 heavy (non-hydrogen) atoms. The molecule has 3 fully saturated rings. The zero-order chi connectivity index (χ0) is 19.4. The van der Waals surface area contributed by atoms with Gasteiger partial charge in [0.25, 0.3) is 0 Å². The number of carbonyl (C=O) groups is 1. The van der Waals surface area contributed by atoms with Gasteiger partial charge in [-0.3, -0.25) is 9.79 Å². The third-order valence-corrected chi connectivity index (χ3v) is 6.95. The van der Waals surface area contributed by atoms with Crippen LogP contribution in [0, 0.1) is 5.41 Å². The maximum Gasteiger partial charge on any atom is 0.222 e. The fraction of sp³-hybridized carbons (Fsp3) is 0.652. The number of likely N-dealkylation sites (tertiary alicyclic amines) is 2. The maximum absolute atomic E-state index is 12.0. The topological polar surface area (TPSA) is 47.9 Å². The maximum atomic E-state index is 12.0. The molecule has 5 nitrogen and oxygen atoms in total. The lowest BCUT2D eigenvalue weighted by atomic mass is 9.73. The van der Waals surface area contributed by atoms with Crippen LogP contribution in [0.15, 0.2) is 29.3 Å². The van der Waals surface area contributed by atoms with Gasteiger partial charge in [0.2, 0.25) is 5.91 Å². The van der Waals surface area contributed by atoms with Gasteiger partial charge in [0.05, 0.1) is 0 Å². The van der Waals surface area contributed by atoms with Gasteiger partial charge in [-0.25, -0.2) is 0 Å². The van der Waals surface area contributed by atoms with Crippen LogP contribution in [0.4, 0.5) is 0 Å². The zero-order valence-corrected chi connectivity index (χ0v) is 20.0. The summed E-state index contributed by atoms with van der Waals surface area (Å²) in [6.45, 7) is 4.63. The van der Waals surface area contributed by atoms with Crippen LogP contribution in [0.3, 0.4) is 0 Å². The molecule has 1 aromatic rings. The first-order valence-corrected chi connectivity index (χ1v) is 11.0. The Balaban J connectivity index is 0.00000240. The molecule has 3 aliphatic rings. The van der Waals surface area contributed by atoms with Crippen LogP contribution >= 0.6 is 24.0 Å². The Bertz CT molecular complexity index is 729. The van der Waals surface area contributed by atoms with Gasteiger partial charge in [-0.05, 0) is 42.2 Å². The number of carbonyl (C=O) groups excluding carboxylic acids is 1. The van der Waals surface area contributed by atoms with Gasteiger partial charge in [0, 0.05) is 46.2 Å². The molecule has 0 unspecified atom stereocenters. The first-order valence-electron chi connectivity index (χ1n) is 11.0. The molecular formula is C23H35IN4O. The van der Waals surface area contributed by atoms with Crippen molar-refractivity contribution < 1.29 is 4.79 Å². The minimum Gasteiger partial charge on any atom is -0.352 e. The quantitative estimate of drug-likeness (QED) is 0.376. The number of nitrogens with one attached hydrogen (secondary N) is 1. The molecule has 1 aliphatic carbocycles. The van der Waals surface area contributed by atoms with E-state index in [-0.39, 0.29) is 29.9 Å². The highest BCUT2D eigenvalue weighted by Crippen LogP contribution is 2.43. The van der Waals surface area contributed by atoms with Crippen molar-refractivity contribution in [3.63, 3.8) is 0 Å². The summed E-state index contributed by atoms with van der Waals surface area (Å²) in [5, 5.41) is 3.60. The monoisotopic (exact) mass is 510 g/mol. The fourth-order valence-electron chi connectivity index (χ4n) is 5.29. The predicted molar refractivity (Wildman–Crippen MR) is 128 cm³/mol. The highest BCUT2D eigenvalue weighted by Gasteiger charge is 2.39. The van der Waals surface area contributed by atoms with Crippen molar-refractivity contribution in [3.05, 3.63) is 35.4 Å². The molecule has 160 valence electrons. The number of hydrogen-bond acceptors (Lipinski definition) is 2. The van der Waals surface area contributed by atoms with Gasteiger partial charge in [0.15, 0.2) is 5.96 Å². The lowest BCUT2D eigenvalue weighted by molar-refractivity contribution is -0.128. The summed E-state index contributed by atoms with van der Waals surface area (Å²) < 4.78 is 0. The van der Waals surface area contributed by atoms with E-state index in [0.717, 1.165) is 45.1 Å². The lowest BCUT2D eigenvalue weighted by Gasteiger charge is -2.33. The van der Waals surface area contributed by atoms with Crippen molar-refractivity contribution in [2.24, 2.45) is 10.4 Å². The van der Waals surface area contributed by atoms with Crippen molar-refractivity contribution in [3.8, 4) is 0 Å². The molecule has 1 aromatic carbocycles. The van der Waals surface area contributed by atoms with Crippen LogP contribution in [0.25, 0.3) is 0 Å². The van der Waals surface area contributed by atoms with Crippen LogP contribution < -0.4 is 5.32 Å². The molecule has 2 aliphatic heterocycles. The number of benzene rings is 1. The predicted octanol–water partition coefficient (Wildman–Crippen LogP) is 4.16. The van der Waals surface area contributed by atoms with E-state index in [0.29, 0.717) is 11.8 Å². The second-order valence-electron chi connectivity index (χ2n) is 8.82. The van der Waals surface area contributed by atoms with E-state index in [1.807, 2.05) is 11.9 Å². The van der Waals surface area contributed by atoms with Gasteiger partial charge in [-0.1, -0.05) is 43.5 Å². The summed E-state index contributed by atoms with van der Waals surface area (Å²) in [5.41, 5.74) is 3.03. The summed E-state index contributed by atoms with van der Waals surface area (Å²) in [6.07, 6.45) is 9.95. The van der Waals surface area contributed by atoms with E-state index >= 15 is 0 Å². The molecular weight excluding hydrogens is 475 g/mol. The van der Waals surface area contributed by atoms with Crippen molar-refractivity contribution in [1.82, 2.24) is 15.1 Å². The average molecular weight is 510 g/mol. The molecule has 1 saturated carbocycles. The molecule has 0 atom stereocenters. The van der Waals surface area contributed by atoms with E-state index < -0.39 is 0 Å². The summed E-state index contributed by atoms with van der Waals surface area (Å²) in [4.78, 5) is 21.0. The largest absolute Gasteiger partial charge is 0.352 e. The zero-order valence-electron chi connectivity index (χ0n) is 17.7. The molecule has 4 rings (SSSR count). The molecule has 1 spiro atoms. The van der Waals surface area contributed by atoms with E-state index in [1.54, 1.807) is 0 Å². The van der Waals surface area contributed by atoms with E-state index in [1.165, 1.54) is 49.7 Å². The van der Waals surface area contributed by atoms with Crippen LogP contribution in [-0.4, -0.2) is 48.3 Å². The summed E-state index contributed by atoms with van der Waals surface area (Å²) >= 11 is 0. The third-order valence-electron chi connectivity index (χ3n) is 6.95. The summed E-state index contributed by atoms with van der Waals surface area (Å²) in [6, 6.07) is 8.48. The van der Waals surface area contributed by atoms with Gasteiger partial charge in [-0.15, -0.1) is 24.0 Å². The first-order chi connectivity index (χ1) is 13.7. The number of hydrogen-bond donors (Lipinski definition) is 1. The minimum absolute atomic E-state index is 0. The molecule has 6 heteroatoms. The number of amides is 1. The van der Waals surface area contributed by atoms with E-state index in [4.69, 9.17) is 0 Å². The number of nitrogens with zero attached hydrogens (tertiary/aromatic N) is 3. The Morgan fingerprint density at radius 2 is 1.83 bits per heavy atom. The first kappa shape index (κ1) is 22.4. The smallest absolute Gasteiger partial charge is 0.222 e. The van der Waals surface area contributed by atoms with Crippen molar-refractivity contribution in [2.45, 2.75) is 64.5 Å². The Morgan fingerprint density at radius 3 is 2.52 bits per heavy atom. The Kier molecular flexibility index (Phi) is 7.82. The molecule has 2 saturated heterocycles. The molecule has 1 amide bonds. The minimum atomic E-state index is 0. The Labute approximate surface area is 192 Å². The highest BCUT2D eigenvalue weighted by atomic mass is 127. The average Bonchev–Trinajstić information content (AvgIpc) is 3.31. The molecule has 0 radical (unpaired) electrons. The Hall–Kier alpha value is -1.31. The number of guanidine groups is 1. The van der Waals surface area contributed by atoms with Crippen LogP contribution in [0.5, 0.6) is 0 Å². The van der Waals surface area contributed by atoms with Crippen LogP contribution in [0.2, 0.25) is 0 Å². The summed E-state index contributed by atoms with van der Waals surface area (Å²) in [5.74, 6) is 1.31. The van der Waals surface area contributed by atoms with E-state index in [9.17, 15) is 4.79 Å². The second kappa shape index (κ2) is 10.1. The second-order valence-corrected chi connectivity index (χ2v) is 8.82. The molecule has 1 N–H and O–H groups in total. The SMILES string of the molecule is CN=C(NCc1ccccc1CN1CCCC1=O)N1CCC2(CCCCC2)C1.I. The van der Waals surface area contributed by atoms with Crippen LogP contribution in [-0.2, 0) is 17.9 Å². The number of rotatable bonds is 4. The van der Waals surface area contributed by atoms with E-state index in [2.05, 4.69) is 39.5 Å². The molecule has 0 bridgehead atoms. The number of halogens is 1. The molecule has 0 aromatic heterocycles.